The van der Waals surface area contributed by atoms with Gasteiger partial charge in [-0.25, -0.2) is 9.37 Å². The Bertz CT molecular complexity index is 561. The summed E-state index contributed by atoms with van der Waals surface area (Å²) in [6.45, 7) is 1.91. The van der Waals surface area contributed by atoms with Crippen molar-refractivity contribution >= 4 is 21.7 Å². The summed E-state index contributed by atoms with van der Waals surface area (Å²) >= 11 is 3.04. The SMILES string of the molecule is Cc1cccc(N)n1.N#Cc1ccc(F)cc1Br. The lowest BCUT2D eigenvalue weighted by Gasteiger charge is -1.92. The van der Waals surface area contributed by atoms with Crippen LogP contribution in [0.3, 0.4) is 0 Å². The third-order valence-electron chi connectivity index (χ3n) is 1.96. The van der Waals surface area contributed by atoms with Crippen LogP contribution in [0.2, 0.25) is 0 Å². The molecule has 92 valence electrons. The van der Waals surface area contributed by atoms with Gasteiger partial charge in [-0.3, -0.25) is 0 Å². The Morgan fingerprint density at radius 2 is 2.06 bits per heavy atom. The smallest absolute Gasteiger partial charge is 0.124 e. The Morgan fingerprint density at radius 1 is 1.33 bits per heavy atom. The van der Waals surface area contributed by atoms with E-state index in [1.807, 2.05) is 25.1 Å². The molecule has 1 heterocycles. The molecule has 0 atom stereocenters. The maximum atomic E-state index is 12.3. The van der Waals surface area contributed by atoms with Crippen LogP contribution in [0.1, 0.15) is 11.3 Å². The van der Waals surface area contributed by atoms with Gasteiger partial charge in [-0.2, -0.15) is 5.26 Å². The van der Waals surface area contributed by atoms with Gasteiger partial charge in [0.2, 0.25) is 0 Å². The van der Waals surface area contributed by atoms with Gasteiger partial charge in [-0.15, -0.1) is 0 Å². The van der Waals surface area contributed by atoms with Crippen LogP contribution in [0.5, 0.6) is 0 Å². The summed E-state index contributed by atoms with van der Waals surface area (Å²) in [7, 11) is 0. The number of pyridine rings is 1. The second-order valence-corrected chi connectivity index (χ2v) is 4.29. The van der Waals surface area contributed by atoms with Crippen molar-refractivity contribution in [2.75, 3.05) is 5.73 Å². The van der Waals surface area contributed by atoms with E-state index in [1.54, 1.807) is 6.07 Å². The van der Waals surface area contributed by atoms with E-state index in [2.05, 4.69) is 20.9 Å². The monoisotopic (exact) mass is 307 g/mol. The van der Waals surface area contributed by atoms with Crippen molar-refractivity contribution in [3.63, 3.8) is 0 Å². The zero-order valence-electron chi connectivity index (χ0n) is 9.69. The highest BCUT2D eigenvalue weighted by atomic mass is 79.9. The number of aromatic nitrogens is 1. The van der Waals surface area contributed by atoms with Crippen LogP contribution in [0, 0.1) is 24.1 Å². The van der Waals surface area contributed by atoms with Crippen LogP contribution in [0.25, 0.3) is 0 Å². The minimum Gasteiger partial charge on any atom is -0.384 e. The molecule has 0 aliphatic heterocycles. The summed E-state index contributed by atoms with van der Waals surface area (Å²) in [4.78, 5) is 3.95. The van der Waals surface area contributed by atoms with E-state index in [1.165, 1.54) is 18.2 Å². The fourth-order valence-corrected chi connectivity index (χ4v) is 1.58. The lowest BCUT2D eigenvalue weighted by atomic mass is 10.2. The third-order valence-corrected chi connectivity index (χ3v) is 2.62. The number of hydrogen-bond acceptors (Lipinski definition) is 3. The molecule has 18 heavy (non-hydrogen) atoms. The lowest BCUT2D eigenvalue weighted by Crippen LogP contribution is -1.89. The first kappa shape index (κ1) is 14.1. The number of nitrogens with two attached hydrogens (primary N) is 1. The zero-order chi connectivity index (χ0) is 13.5. The van der Waals surface area contributed by atoms with Crippen molar-refractivity contribution in [3.8, 4) is 6.07 Å². The molecule has 2 aromatic rings. The number of benzene rings is 1. The van der Waals surface area contributed by atoms with E-state index in [4.69, 9.17) is 11.0 Å². The third kappa shape index (κ3) is 4.52. The second-order valence-electron chi connectivity index (χ2n) is 3.44. The molecule has 1 aromatic carbocycles. The molecule has 3 nitrogen and oxygen atoms in total. The summed E-state index contributed by atoms with van der Waals surface area (Å²) in [5.41, 5.74) is 6.76. The van der Waals surface area contributed by atoms with Crippen LogP contribution in [-0.4, -0.2) is 4.98 Å². The van der Waals surface area contributed by atoms with Crippen molar-refractivity contribution in [3.05, 3.63) is 57.9 Å². The Kier molecular flexibility index (Phi) is 5.28. The summed E-state index contributed by atoms with van der Waals surface area (Å²) in [6, 6.07) is 11.4. The van der Waals surface area contributed by atoms with Crippen LogP contribution < -0.4 is 5.73 Å². The van der Waals surface area contributed by atoms with Gasteiger partial charge in [-0.05, 0) is 53.2 Å². The molecule has 2 N–H and O–H groups in total. The first-order valence-corrected chi connectivity index (χ1v) is 5.86. The molecule has 2 rings (SSSR count). The molecule has 0 amide bonds. The van der Waals surface area contributed by atoms with Gasteiger partial charge < -0.3 is 5.73 Å². The first-order chi connectivity index (χ1) is 8.52. The first-order valence-electron chi connectivity index (χ1n) is 5.07. The topological polar surface area (TPSA) is 62.7 Å². The summed E-state index contributed by atoms with van der Waals surface area (Å²) in [5.74, 6) is 0.246. The molecule has 0 fully saturated rings. The quantitative estimate of drug-likeness (QED) is 0.811. The van der Waals surface area contributed by atoms with Gasteiger partial charge in [0.05, 0.1) is 5.56 Å². The van der Waals surface area contributed by atoms with Gasteiger partial charge in [0.25, 0.3) is 0 Å². The molecule has 0 radical (unpaired) electrons. The van der Waals surface area contributed by atoms with Crippen LogP contribution >= 0.6 is 15.9 Å². The molecular weight excluding hydrogens is 297 g/mol. The predicted octanol–water partition coefficient (Wildman–Crippen LogP) is 3.43. The number of hydrogen-bond donors (Lipinski definition) is 1. The van der Waals surface area contributed by atoms with Gasteiger partial charge in [0.15, 0.2) is 0 Å². The summed E-state index contributed by atoms with van der Waals surface area (Å²) in [5, 5.41) is 8.41. The van der Waals surface area contributed by atoms with E-state index < -0.39 is 0 Å². The van der Waals surface area contributed by atoms with Crippen molar-refractivity contribution in [2.45, 2.75) is 6.92 Å². The summed E-state index contributed by atoms with van der Waals surface area (Å²) < 4.78 is 12.8. The van der Waals surface area contributed by atoms with Crippen LogP contribution in [0.15, 0.2) is 40.9 Å². The maximum Gasteiger partial charge on any atom is 0.124 e. The van der Waals surface area contributed by atoms with Gasteiger partial charge in [-0.1, -0.05) is 6.07 Å². The van der Waals surface area contributed by atoms with Crippen LogP contribution in [0.4, 0.5) is 10.2 Å². The van der Waals surface area contributed by atoms with Gasteiger partial charge in [0.1, 0.15) is 17.7 Å². The number of halogens is 2. The number of nitrogen functional groups attached to an aromatic ring is 1. The second kappa shape index (κ2) is 6.72. The minimum atomic E-state index is -0.342. The Balaban J connectivity index is 0.000000184. The molecule has 0 saturated heterocycles. The number of anilines is 1. The highest BCUT2D eigenvalue weighted by Crippen LogP contribution is 2.16. The minimum absolute atomic E-state index is 0.342. The molecule has 0 unspecified atom stereocenters. The average molecular weight is 308 g/mol. The number of rotatable bonds is 0. The summed E-state index contributed by atoms with van der Waals surface area (Å²) in [6.07, 6.45) is 0. The number of nitrogens with zero attached hydrogens (tertiary/aromatic N) is 2. The highest BCUT2D eigenvalue weighted by Gasteiger charge is 1.97. The van der Waals surface area contributed by atoms with Crippen molar-refractivity contribution in [1.29, 1.82) is 5.26 Å². The average Bonchev–Trinajstić information content (AvgIpc) is 2.29. The van der Waals surface area contributed by atoms with E-state index in [0.717, 1.165) is 5.69 Å². The Labute approximate surface area is 113 Å². The molecule has 0 aliphatic carbocycles. The standard InChI is InChI=1S/C7H3BrFN.C6H8N2/c8-7-3-6(9)2-1-5(7)4-10;1-5-3-2-4-6(7)8-5/h1-3H;2-4H,1H3,(H2,7,8). The van der Waals surface area contributed by atoms with Crippen molar-refractivity contribution < 1.29 is 4.39 Å². The molecule has 1 aromatic heterocycles. The molecule has 0 bridgehead atoms. The Morgan fingerprint density at radius 3 is 2.50 bits per heavy atom. The van der Waals surface area contributed by atoms with Gasteiger partial charge in [0, 0.05) is 10.2 Å². The molecule has 0 aliphatic rings. The zero-order valence-corrected chi connectivity index (χ0v) is 11.3. The van der Waals surface area contributed by atoms with E-state index in [0.29, 0.717) is 15.9 Å². The largest absolute Gasteiger partial charge is 0.384 e. The van der Waals surface area contributed by atoms with E-state index in [-0.39, 0.29) is 5.82 Å². The molecule has 0 spiro atoms. The van der Waals surface area contributed by atoms with Gasteiger partial charge >= 0.3 is 0 Å². The fourth-order valence-electron chi connectivity index (χ4n) is 1.14. The van der Waals surface area contributed by atoms with Crippen molar-refractivity contribution in [1.82, 2.24) is 4.98 Å². The van der Waals surface area contributed by atoms with Crippen molar-refractivity contribution in [2.24, 2.45) is 0 Å². The number of nitriles is 1. The fraction of sp³-hybridized carbons (Fsp3) is 0.0769. The maximum absolute atomic E-state index is 12.3. The van der Waals surface area contributed by atoms with E-state index >= 15 is 0 Å². The molecule has 0 saturated carbocycles. The predicted molar refractivity (Wildman–Crippen MR) is 72.2 cm³/mol. The van der Waals surface area contributed by atoms with E-state index in [9.17, 15) is 4.39 Å². The Hall–Kier alpha value is -1.93. The highest BCUT2D eigenvalue weighted by molar-refractivity contribution is 9.10. The normalized spacial score (nSPS) is 9.00. The lowest BCUT2D eigenvalue weighted by molar-refractivity contribution is 0.627. The number of aryl methyl sites for hydroxylation is 1. The molecular formula is C13H11BrFN3. The van der Waals surface area contributed by atoms with Crippen LogP contribution in [-0.2, 0) is 0 Å². The molecule has 5 heteroatoms.